The van der Waals surface area contributed by atoms with Crippen molar-refractivity contribution in [3.63, 3.8) is 0 Å². The predicted octanol–water partition coefficient (Wildman–Crippen LogP) is 0.246. The van der Waals surface area contributed by atoms with E-state index in [4.69, 9.17) is 0 Å². The first kappa shape index (κ1) is 6.73. The average Bonchev–Trinajstić information content (AvgIpc) is 2.38. The van der Waals surface area contributed by atoms with Crippen LogP contribution in [0.4, 0.5) is 0 Å². The molecule has 0 amide bonds. The maximum Gasteiger partial charge on any atom is 0.397 e. The van der Waals surface area contributed by atoms with Crippen molar-refractivity contribution >= 4 is 5.97 Å². The third kappa shape index (κ3) is 1.31. The highest BCUT2D eigenvalue weighted by Crippen LogP contribution is 1.93. The number of hydrogen-bond donors (Lipinski definition) is 0. The summed E-state index contributed by atoms with van der Waals surface area (Å²) in [7, 11) is 0. The molecule has 0 aliphatic heterocycles. The van der Waals surface area contributed by atoms with Crippen LogP contribution in [0.5, 0.6) is 0 Å². The molecule has 1 rings (SSSR count). The lowest BCUT2D eigenvalue weighted by Crippen LogP contribution is -2.04. The molecule has 0 radical (unpaired) electrons. The Bertz CT molecular complexity index is 207. The van der Waals surface area contributed by atoms with Gasteiger partial charge in [-0.2, -0.15) is 4.98 Å². The van der Waals surface area contributed by atoms with Crippen molar-refractivity contribution in [3.8, 4) is 0 Å². The van der Waals surface area contributed by atoms with E-state index in [-0.39, 0.29) is 5.89 Å². The van der Waals surface area contributed by atoms with Crippen molar-refractivity contribution in [2.45, 2.75) is 6.92 Å². The molecule has 5 heteroatoms. The van der Waals surface area contributed by atoms with Crippen LogP contribution in [-0.2, 0) is 4.74 Å². The largest absolute Gasteiger partial charge is 0.459 e. The fourth-order valence-electron chi connectivity index (χ4n) is 0.456. The van der Waals surface area contributed by atoms with E-state index in [2.05, 4.69) is 19.4 Å². The zero-order valence-electron chi connectivity index (χ0n) is 5.40. The standard InChI is InChI=1S/C5H6N2O3/c1-2-9-5(8)4-6-3-7-10-4/h3H,2H2,1H3. The van der Waals surface area contributed by atoms with E-state index in [0.29, 0.717) is 6.61 Å². The number of aromatic nitrogens is 2. The van der Waals surface area contributed by atoms with Gasteiger partial charge in [0.05, 0.1) is 6.61 Å². The maximum absolute atomic E-state index is 10.7. The first-order valence-corrected chi connectivity index (χ1v) is 2.78. The quantitative estimate of drug-likeness (QED) is 0.553. The molecule has 54 valence electrons. The number of ether oxygens (including phenoxy) is 1. The van der Waals surface area contributed by atoms with Gasteiger partial charge in [-0.15, -0.1) is 0 Å². The van der Waals surface area contributed by atoms with Crippen molar-refractivity contribution in [2.75, 3.05) is 6.61 Å². The van der Waals surface area contributed by atoms with Crippen molar-refractivity contribution < 1.29 is 14.1 Å². The molecular weight excluding hydrogens is 136 g/mol. The predicted molar refractivity (Wildman–Crippen MR) is 30.3 cm³/mol. The number of rotatable bonds is 2. The van der Waals surface area contributed by atoms with Gasteiger partial charge in [-0.1, -0.05) is 5.16 Å². The second-order valence-corrected chi connectivity index (χ2v) is 1.47. The number of carbonyl (C=O) groups is 1. The molecular formula is C5H6N2O3. The fraction of sp³-hybridized carbons (Fsp3) is 0.400. The minimum absolute atomic E-state index is 0.109. The van der Waals surface area contributed by atoms with Crippen molar-refractivity contribution in [3.05, 3.63) is 12.2 Å². The van der Waals surface area contributed by atoms with Crippen LogP contribution in [0.15, 0.2) is 10.9 Å². The molecule has 0 unspecified atom stereocenters. The third-order valence-corrected chi connectivity index (χ3v) is 0.811. The van der Waals surface area contributed by atoms with Crippen LogP contribution < -0.4 is 0 Å². The van der Waals surface area contributed by atoms with Crippen LogP contribution in [0.2, 0.25) is 0 Å². The first-order chi connectivity index (χ1) is 4.84. The Kier molecular flexibility index (Phi) is 1.99. The van der Waals surface area contributed by atoms with E-state index < -0.39 is 5.97 Å². The second-order valence-electron chi connectivity index (χ2n) is 1.47. The van der Waals surface area contributed by atoms with Crippen LogP contribution in [0.3, 0.4) is 0 Å². The van der Waals surface area contributed by atoms with E-state index in [0.717, 1.165) is 6.33 Å². The minimum Gasteiger partial charge on any atom is -0.459 e. The highest BCUT2D eigenvalue weighted by molar-refractivity contribution is 5.83. The lowest BCUT2D eigenvalue weighted by molar-refractivity contribution is 0.0470. The Balaban J connectivity index is 2.59. The summed E-state index contributed by atoms with van der Waals surface area (Å²) in [6.45, 7) is 2.01. The lowest BCUT2D eigenvalue weighted by atomic mass is 10.7. The van der Waals surface area contributed by atoms with Crippen LogP contribution in [0.1, 0.15) is 17.6 Å². The van der Waals surface area contributed by atoms with Gasteiger partial charge in [0.2, 0.25) is 0 Å². The molecule has 10 heavy (non-hydrogen) atoms. The van der Waals surface area contributed by atoms with Gasteiger partial charge in [-0.3, -0.25) is 0 Å². The van der Waals surface area contributed by atoms with Crippen molar-refractivity contribution in [1.29, 1.82) is 0 Å². The Hall–Kier alpha value is -1.39. The number of esters is 1. The van der Waals surface area contributed by atoms with Crippen molar-refractivity contribution in [1.82, 2.24) is 10.1 Å². The Morgan fingerprint density at radius 3 is 3.20 bits per heavy atom. The molecule has 1 aromatic rings. The van der Waals surface area contributed by atoms with Gasteiger partial charge >= 0.3 is 11.9 Å². The number of nitrogens with zero attached hydrogens (tertiary/aromatic N) is 2. The van der Waals surface area contributed by atoms with Gasteiger partial charge in [0.1, 0.15) is 0 Å². The summed E-state index contributed by atoms with van der Waals surface area (Å²) >= 11 is 0. The average molecular weight is 142 g/mol. The summed E-state index contributed by atoms with van der Waals surface area (Å²) in [5.74, 6) is -0.693. The summed E-state index contributed by atoms with van der Waals surface area (Å²) in [4.78, 5) is 14.2. The van der Waals surface area contributed by atoms with E-state index in [1.165, 1.54) is 0 Å². The summed E-state index contributed by atoms with van der Waals surface area (Å²) in [6.07, 6.45) is 1.15. The number of carbonyl (C=O) groups excluding carboxylic acids is 1. The molecule has 0 aliphatic carbocycles. The number of hydrogen-bond acceptors (Lipinski definition) is 5. The molecule has 0 atom stereocenters. The van der Waals surface area contributed by atoms with Crippen LogP contribution in [-0.4, -0.2) is 22.7 Å². The lowest BCUT2D eigenvalue weighted by Gasteiger charge is -1.92. The molecule has 0 saturated carbocycles. The molecule has 0 spiro atoms. The monoisotopic (exact) mass is 142 g/mol. The van der Waals surface area contributed by atoms with Gasteiger partial charge in [0.25, 0.3) is 0 Å². The van der Waals surface area contributed by atoms with E-state index in [1.54, 1.807) is 6.92 Å². The zero-order valence-corrected chi connectivity index (χ0v) is 5.40. The van der Waals surface area contributed by atoms with Crippen LogP contribution >= 0.6 is 0 Å². The van der Waals surface area contributed by atoms with Gasteiger partial charge < -0.3 is 9.26 Å². The minimum atomic E-state index is -0.583. The second kappa shape index (κ2) is 2.95. The molecule has 1 aromatic heterocycles. The normalized spacial score (nSPS) is 9.30. The summed E-state index contributed by atoms with van der Waals surface area (Å²) in [6, 6.07) is 0. The maximum atomic E-state index is 10.7. The van der Waals surface area contributed by atoms with Gasteiger partial charge in [-0.25, -0.2) is 4.79 Å². The first-order valence-electron chi connectivity index (χ1n) is 2.78. The summed E-state index contributed by atoms with van der Waals surface area (Å²) < 4.78 is 8.96. The van der Waals surface area contributed by atoms with Gasteiger partial charge in [0, 0.05) is 0 Å². The molecule has 0 aliphatic rings. The van der Waals surface area contributed by atoms with E-state index in [1.807, 2.05) is 0 Å². The van der Waals surface area contributed by atoms with Crippen molar-refractivity contribution in [2.24, 2.45) is 0 Å². The summed E-state index contributed by atoms with van der Waals surface area (Å²) in [5.41, 5.74) is 0. The summed E-state index contributed by atoms with van der Waals surface area (Å²) in [5, 5.41) is 3.24. The van der Waals surface area contributed by atoms with Crippen LogP contribution in [0, 0.1) is 0 Å². The zero-order chi connectivity index (χ0) is 7.40. The van der Waals surface area contributed by atoms with Gasteiger partial charge in [-0.05, 0) is 6.92 Å². The molecule has 0 aromatic carbocycles. The highest BCUT2D eigenvalue weighted by Gasteiger charge is 2.11. The third-order valence-electron chi connectivity index (χ3n) is 0.811. The topological polar surface area (TPSA) is 65.2 Å². The molecule has 0 N–H and O–H groups in total. The highest BCUT2D eigenvalue weighted by atomic mass is 16.6. The molecule has 0 bridgehead atoms. The SMILES string of the molecule is CCOC(=O)c1ncno1. The van der Waals surface area contributed by atoms with E-state index in [9.17, 15) is 4.79 Å². The van der Waals surface area contributed by atoms with E-state index >= 15 is 0 Å². The Morgan fingerprint density at radius 1 is 1.90 bits per heavy atom. The van der Waals surface area contributed by atoms with Gasteiger partial charge in [0.15, 0.2) is 6.33 Å². The molecule has 5 nitrogen and oxygen atoms in total. The molecule has 1 heterocycles. The molecule has 0 saturated heterocycles. The molecule has 0 fully saturated rings. The smallest absolute Gasteiger partial charge is 0.397 e. The Morgan fingerprint density at radius 2 is 2.70 bits per heavy atom. The fourth-order valence-corrected chi connectivity index (χ4v) is 0.456. The Labute approximate surface area is 57.0 Å². The van der Waals surface area contributed by atoms with Crippen LogP contribution in [0.25, 0.3) is 0 Å².